The molecule has 3 aromatic rings. The zero-order valence-corrected chi connectivity index (χ0v) is 16.7. The van der Waals surface area contributed by atoms with Crippen LogP contribution in [0.2, 0.25) is 0 Å². The number of nitrogens with one attached hydrogen (secondary N) is 1. The van der Waals surface area contributed by atoms with Crippen LogP contribution in [0.5, 0.6) is 11.5 Å². The van der Waals surface area contributed by atoms with Crippen molar-refractivity contribution in [1.82, 2.24) is 15.3 Å². The Bertz CT molecular complexity index is 937. The second-order valence-electron chi connectivity index (χ2n) is 6.94. The summed E-state index contributed by atoms with van der Waals surface area (Å²) in [4.78, 5) is 9.09. The molecule has 0 aliphatic carbocycles. The zero-order valence-electron chi connectivity index (χ0n) is 16.7. The van der Waals surface area contributed by atoms with Gasteiger partial charge in [-0.15, -0.1) is 0 Å². The molecule has 0 spiro atoms. The molecule has 1 N–H and O–H groups in total. The Kier molecular flexibility index (Phi) is 6.03. The molecule has 6 nitrogen and oxygen atoms in total. The average Bonchev–Trinajstić information content (AvgIpc) is 2.80. The molecule has 6 heteroatoms. The monoisotopic (exact) mass is 391 g/mol. The topological polar surface area (TPSA) is 65.5 Å². The van der Waals surface area contributed by atoms with Gasteiger partial charge in [-0.3, -0.25) is 0 Å². The van der Waals surface area contributed by atoms with E-state index in [2.05, 4.69) is 39.6 Å². The highest BCUT2D eigenvalue weighted by Gasteiger charge is 2.15. The van der Waals surface area contributed by atoms with Crippen molar-refractivity contribution in [1.29, 1.82) is 0 Å². The Morgan fingerprint density at radius 2 is 1.72 bits per heavy atom. The molecule has 1 aliphatic rings. The van der Waals surface area contributed by atoms with Crippen LogP contribution in [0.1, 0.15) is 23.1 Å². The lowest BCUT2D eigenvalue weighted by Crippen LogP contribution is -2.33. The summed E-state index contributed by atoms with van der Waals surface area (Å²) in [5.74, 6) is 2.18. The van der Waals surface area contributed by atoms with Crippen LogP contribution in [0, 0.1) is 0 Å². The standard InChI is InChI=1S/C23H25N3O3/c1-27-20-8-7-18(12-21(20)28-2)19-13-25-23(26-14-19)11-16-3-5-17(6-4-16)22-15-24-9-10-29-22/h3-8,12-14,22,24H,9-11,15H2,1-2H3/t22-/m0/s1. The third kappa shape index (κ3) is 4.55. The van der Waals surface area contributed by atoms with E-state index in [4.69, 9.17) is 14.2 Å². The molecule has 4 rings (SSSR count). The average molecular weight is 391 g/mol. The van der Waals surface area contributed by atoms with Crippen LogP contribution in [0.4, 0.5) is 0 Å². The molecule has 150 valence electrons. The zero-order chi connectivity index (χ0) is 20.1. The van der Waals surface area contributed by atoms with Gasteiger partial charge in [0.15, 0.2) is 11.5 Å². The third-order valence-corrected chi connectivity index (χ3v) is 5.06. The van der Waals surface area contributed by atoms with Crippen molar-refractivity contribution in [2.24, 2.45) is 0 Å². The summed E-state index contributed by atoms with van der Waals surface area (Å²) in [6.45, 7) is 2.54. The molecule has 2 aromatic carbocycles. The summed E-state index contributed by atoms with van der Waals surface area (Å²) < 4.78 is 16.5. The number of hydrogen-bond donors (Lipinski definition) is 1. The first-order valence-electron chi connectivity index (χ1n) is 9.71. The van der Waals surface area contributed by atoms with Gasteiger partial charge in [-0.25, -0.2) is 9.97 Å². The van der Waals surface area contributed by atoms with Crippen molar-refractivity contribution in [2.45, 2.75) is 12.5 Å². The van der Waals surface area contributed by atoms with Crippen molar-refractivity contribution in [3.8, 4) is 22.6 Å². The summed E-state index contributed by atoms with van der Waals surface area (Å²) >= 11 is 0. The molecule has 0 amide bonds. The lowest BCUT2D eigenvalue weighted by molar-refractivity contribution is 0.0277. The lowest BCUT2D eigenvalue weighted by atomic mass is 10.0. The molecule has 29 heavy (non-hydrogen) atoms. The molecule has 1 atom stereocenters. The summed E-state index contributed by atoms with van der Waals surface area (Å²) in [6, 6.07) is 14.3. The second kappa shape index (κ2) is 9.03. The Morgan fingerprint density at radius 1 is 0.966 bits per heavy atom. The van der Waals surface area contributed by atoms with E-state index in [0.29, 0.717) is 17.9 Å². The maximum atomic E-state index is 5.80. The fourth-order valence-electron chi connectivity index (χ4n) is 3.42. The SMILES string of the molecule is COc1ccc(-c2cnc(Cc3ccc([C@@H]4CNCCO4)cc3)nc2)cc1OC. The highest BCUT2D eigenvalue weighted by Crippen LogP contribution is 2.31. The van der Waals surface area contributed by atoms with E-state index in [1.807, 2.05) is 30.6 Å². The van der Waals surface area contributed by atoms with E-state index in [9.17, 15) is 0 Å². The summed E-state index contributed by atoms with van der Waals surface area (Å²) in [5.41, 5.74) is 4.30. The first kappa shape index (κ1) is 19.4. The molecular weight excluding hydrogens is 366 g/mol. The van der Waals surface area contributed by atoms with Gasteiger partial charge in [-0.1, -0.05) is 30.3 Å². The number of rotatable bonds is 6. The third-order valence-electron chi connectivity index (χ3n) is 5.06. The van der Waals surface area contributed by atoms with Crippen LogP contribution in [0.15, 0.2) is 54.9 Å². The molecule has 0 saturated carbocycles. The Labute approximate surface area is 170 Å². The minimum Gasteiger partial charge on any atom is -0.493 e. The molecule has 0 unspecified atom stereocenters. The summed E-state index contributed by atoms with van der Waals surface area (Å²) in [5, 5.41) is 3.36. The fourth-order valence-corrected chi connectivity index (χ4v) is 3.42. The first-order chi connectivity index (χ1) is 14.3. The van der Waals surface area contributed by atoms with Crippen molar-refractivity contribution in [3.05, 3.63) is 71.8 Å². The van der Waals surface area contributed by atoms with Crippen LogP contribution in [0.25, 0.3) is 11.1 Å². The number of methoxy groups -OCH3 is 2. The molecule has 2 heterocycles. The number of ether oxygens (including phenoxy) is 3. The van der Waals surface area contributed by atoms with Crippen molar-refractivity contribution in [2.75, 3.05) is 33.9 Å². The fraction of sp³-hybridized carbons (Fsp3) is 0.304. The van der Waals surface area contributed by atoms with E-state index in [1.165, 1.54) is 11.1 Å². The van der Waals surface area contributed by atoms with Gasteiger partial charge in [-0.05, 0) is 28.8 Å². The minimum atomic E-state index is 0.134. The maximum absolute atomic E-state index is 5.80. The Hall–Kier alpha value is -2.96. The van der Waals surface area contributed by atoms with E-state index in [0.717, 1.165) is 36.6 Å². The van der Waals surface area contributed by atoms with Crippen LogP contribution in [-0.2, 0) is 11.2 Å². The van der Waals surface area contributed by atoms with Crippen molar-refractivity contribution < 1.29 is 14.2 Å². The Balaban J connectivity index is 1.44. The molecule has 1 aromatic heterocycles. The van der Waals surface area contributed by atoms with Crippen LogP contribution in [0.3, 0.4) is 0 Å². The van der Waals surface area contributed by atoms with Gasteiger partial charge in [0, 0.05) is 37.5 Å². The highest BCUT2D eigenvalue weighted by molar-refractivity contribution is 5.65. The molecular formula is C23H25N3O3. The van der Waals surface area contributed by atoms with E-state index in [1.54, 1.807) is 14.2 Å². The normalized spacial score (nSPS) is 16.4. The van der Waals surface area contributed by atoms with Gasteiger partial charge < -0.3 is 19.5 Å². The van der Waals surface area contributed by atoms with Crippen LogP contribution in [-0.4, -0.2) is 43.9 Å². The van der Waals surface area contributed by atoms with E-state index in [-0.39, 0.29) is 6.10 Å². The van der Waals surface area contributed by atoms with Gasteiger partial charge >= 0.3 is 0 Å². The molecule has 1 fully saturated rings. The smallest absolute Gasteiger partial charge is 0.161 e. The van der Waals surface area contributed by atoms with Crippen molar-refractivity contribution >= 4 is 0 Å². The molecule has 1 saturated heterocycles. The summed E-state index contributed by atoms with van der Waals surface area (Å²) in [7, 11) is 3.25. The number of benzene rings is 2. The lowest BCUT2D eigenvalue weighted by Gasteiger charge is -2.24. The molecule has 1 aliphatic heterocycles. The first-order valence-corrected chi connectivity index (χ1v) is 9.71. The van der Waals surface area contributed by atoms with Gasteiger partial charge in [0.2, 0.25) is 0 Å². The van der Waals surface area contributed by atoms with Crippen LogP contribution < -0.4 is 14.8 Å². The van der Waals surface area contributed by atoms with Gasteiger partial charge in [0.1, 0.15) is 5.82 Å². The predicted octanol–water partition coefficient (Wildman–Crippen LogP) is 3.41. The molecule has 0 radical (unpaired) electrons. The Morgan fingerprint density at radius 3 is 2.38 bits per heavy atom. The largest absolute Gasteiger partial charge is 0.493 e. The predicted molar refractivity (Wildman–Crippen MR) is 111 cm³/mol. The summed E-state index contributed by atoms with van der Waals surface area (Å²) in [6.07, 6.45) is 4.52. The van der Waals surface area contributed by atoms with Gasteiger partial charge in [0.25, 0.3) is 0 Å². The number of morpholine rings is 1. The quantitative estimate of drug-likeness (QED) is 0.695. The number of aromatic nitrogens is 2. The molecule has 0 bridgehead atoms. The van der Waals surface area contributed by atoms with Gasteiger partial charge in [-0.2, -0.15) is 0 Å². The van der Waals surface area contributed by atoms with Crippen molar-refractivity contribution in [3.63, 3.8) is 0 Å². The number of hydrogen-bond acceptors (Lipinski definition) is 6. The van der Waals surface area contributed by atoms with E-state index < -0.39 is 0 Å². The maximum Gasteiger partial charge on any atom is 0.161 e. The van der Waals surface area contributed by atoms with Gasteiger partial charge in [0.05, 0.1) is 26.9 Å². The van der Waals surface area contributed by atoms with Crippen LogP contribution >= 0.6 is 0 Å². The minimum absolute atomic E-state index is 0.134. The second-order valence-corrected chi connectivity index (χ2v) is 6.94. The van der Waals surface area contributed by atoms with E-state index >= 15 is 0 Å². The number of nitrogens with zero attached hydrogens (tertiary/aromatic N) is 2. The highest BCUT2D eigenvalue weighted by atomic mass is 16.5.